The van der Waals surface area contributed by atoms with Gasteiger partial charge >= 0.3 is 0 Å². The normalized spacial score (nSPS) is 10.7. The van der Waals surface area contributed by atoms with Crippen LogP contribution in [0.1, 0.15) is 26.3 Å². The molecule has 5 nitrogen and oxygen atoms in total. The topological polar surface area (TPSA) is 71.1 Å². The summed E-state index contributed by atoms with van der Waals surface area (Å²) < 4.78 is 1.16. The standard InChI is InChI=1S/C28H21N3O2S/c1-18-7-16-24-25(17-18)34-28(31-24)21-10-14-23(15-11-21)30-27(33)20-8-12-22(13-9-20)29-26(32)19-5-3-2-4-6-19/h2-17H,1H3,(H,29,32)(H,30,33). The van der Waals surface area contributed by atoms with E-state index in [-0.39, 0.29) is 11.8 Å². The van der Waals surface area contributed by atoms with E-state index < -0.39 is 0 Å². The first-order chi connectivity index (χ1) is 16.5. The first kappa shape index (κ1) is 21.6. The first-order valence-electron chi connectivity index (χ1n) is 10.8. The van der Waals surface area contributed by atoms with Gasteiger partial charge in [-0.3, -0.25) is 9.59 Å². The van der Waals surface area contributed by atoms with Crippen LogP contribution >= 0.6 is 11.3 Å². The van der Waals surface area contributed by atoms with Crippen LogP contribution in [0.3, 0.4) is 0 Å². The van der Waals surface area contributed by atoms with Crippen LogP contribution in [0.25, 0.3) is 20.8 Å². The lowest BCUT2D eigenvalue weighted by molar-refractivity contribution is 0.102. The lowest BCUT2D eigenvalue weighted by atomic mass is 10.1. The Hall–Kier alpha value is -4.29. The fraction of sp³-hybridized carbons (Fsp3) is 0.0357. The summed E-state index contributed by atoms with van der Waals surface area (Å²) in [6, 6.07) is 29.7. The fourth-order valence-electron chi connectivity index (χ4n) is 3.55. The van der Waals surface area contributed by atoms with Crippen molar-refractivity contribution in [1.82, 2.24) is 4.98 Å². The van der Waals surface area contributed by atoms with Gasteiger partial charge in [0.15, 0.2) is 0 Å². The molecule has 166 valence electrons. The van der Waals surface area contributed by atoms with Crippen LogP contribution in [-0.4, -0.2) is 16.8 Å². The van der Waals surface area contributed by atoms with Crippen LogP contribution in [0.15, 0.2) is 97.1 Å². The molecule has 0 unspecified atom stereocenters. The molecule has 0 saturated carbocycles. The molecule has 2 amide bonds. The molecule has 2 N–H and O–H groups in total. The van der Waals surface area contributed by atoms with E-state index in [4.69, 9.17) is 4.98 Å². The number of carbonyl (C=O) groups excluding carboxylic acids is 2. The summed E-state index contributed by atoms with van der Waals surface area (Å²) >= 11 is 1.66. The van der Waals surface area contributed by atoms with E-state index in [1.165, 1.54) is 5.56 Å². The SMILES string of the molecule is Cc1ccc2nc(-c3ccc(NC(=O)c4ccc(NC(=O)c5ccccc5)cc4)cc3)sc2c1. The minimum atomic E-state index is -0.218. The van der Waals surface area contributed by atoms with Crippen LogP contribution in [0.4, 0.5) is 11.4 Å². The number of carbonyl (C=O) groups is 2. The Kier molecular flexibility index (Phi) is 5.89. The molecule has 0 radical (unpaired) electrons. The van der Waals surface area contributed by atoms with E-state index in [2.05, 4.69) is 29.7 Å². The molecule has 1 aromatic heterocycles. The molecular weight excluding hydrogens is 442 g/mol. The zero-order valence-electron chi connectivity index (χ0n) is 18.4. The summed E-state index contributed by atoms with van der Waals surface area (Å²) in [5.74, 6) is -0.412. The van der Waals surface area contributed by atoms with E-state index in [1.807, 2.05) is 48.5 Å². The van der Waals surface area contributed by atoms with E-state index in [1.54, 1.807) is 47.7 Å². The first-order valence-corrected chi connectivity index (χ1v) is 11.6. The summed E-state index contributed by atoms with van der Waals surface area (Å²) in [5, 5.41) is 6.70. The number of aryl methyl sites for hydroxylation is 1. The highest BCUT2D eigenvalue weighted by Crippen LogP contribution is 2.31. The molecule has 0 saturated heterocycles. The third-order valence-electron chi connectivity index (χ3n) is 5.37. The Bertz CT molecular complexity index is 1470. The van der Waals surface area contributed by atoms with E-state index in [9.17, 15) is 9.59 Å². The Balaban J connectivity index is 1.23. The third kappa shape index (κ3) is 4.72. The molecule has 0 aliphatic carbocycles. The van der Waals surface area contributed by atoms with Gasteiger partial charge in [0.1, 0.15) is 5.01 Å². The van der Waals surface area contributed by atoms with Crippen molar-refractivity contribution in [3.8, 4) is 10.6 Å². The molecule has 0 bridgehead atoms. The summed E-state index contributed by atoms with van der Waals surface area (Å²) in [5.41, 5.74) is 5.62. The van der Waals surface area contributed by atoms with Crippen molar-refractivity contribution in [3.05, 3.63) is 114 Å². The lowest BCUT2D eigenvalue weighted by Crippen LogP contribution is -2.13. The van der Waals surface area contributed by atoms with Crippen molar-refractivity contribution in [2.24, 2.45) is 0 Å². The van der Waals surface area contributed by atoms with E-state index >= 15 is 0 Å². The van der Waals surface area contributed by atoms with E-state index in [0.717, 1.165) is 20.8 Å². The highest BCUT2D eigenvalue weighted by atomic mass is 32.1. The largest absolute Gasteiger partial charge is 0.322 e. The molecule has 0 fully saturated rings. The lowest BCUT2D eigenvalue weighted by Gasteiger charge is -2.08. The molecule has 0 atom stereocenters. The van der Waals surface area contributed by atoms with Crippen LogP contribution in [0.5, 0.6) is 0 Å². The maximum Gasteiger partial charge on any atom is 0.255 e. The second kappa shape index (κ2) is 9.29. The van der Waals surface area contributed by atoms with E-state index in [0.29, 0.717) is 22.5 Å². The predicted octanol–water partition coefficient (Wildman–Crippen LogP) is 6.78. The number of hydrogen-bond donors (Lipinski definition) is 2. The van der Waals surface area contributed by atoms with Crippen LogP contribution in [0, 0.1) is 6.92 Å². The number of benzene rings is 4. The molecule has 0 aliphatic rings. The van der Waals surface area contributed by atoms with Gasteiger partial charge in [0.05, 0.1) is 10.2 Å². The molecule has 4 aromatic carbocycles. The Morgan fingerprint density at radius 2 is 1.29 bits per heavy atom. The minimum absolute atomic E-state index is 0.193. The molecule has 0 aliphatic heterocycles. The molecule has 5 aromatic rings. The summed E-state index contributed by atoms with van der Waals surface area (Å²) in [6.07, 6.45) is 0. The molecule has 0 spiro atoms. The van der Waals surface area contributed by atoms with Crippen LogP contribution < -0.4 is 10.6 Å². The van der Waals surface area contributed by atoms with Gasteiger partial charge in [-0.15, -0.1) is 11.3 Å². The number of nitrogens with zero attached hydrogens (tertiary/aromatic N) is 1. The van der Waals surface area contributed by atoms with Gasteiger partial charge < -0.3 is 10.6 Å². The third-order valence-corrected chi connectivity index (χ3v) is 6.44. The summed E-state index contributed by atoms with van der Waals surface area (Å²) in [7, 11) is 0. The van der Waals surface area contributed by atoms with Crippen LogP contribution in [-0.2, 0) is 0 Å². The van der Waals surface area contributed by atoms with Gasteiger partial charge in [0.25, 0.3) is 11.8 Å². The van der Waals surface area contributed by atoms with Crippen LogP contribution in [0.2, 0.25) is 0 Å². The summed E-state index contributed by atoms with van der Waals surface area (Å²) in [4.78, 5) is 29.7. The van der Waals surface area contributed by atoms with Gasteiger partial charge in [-0.05, 0) is 85.3 Å². The maximum absolute atomic E-state index is 12.7. The average molecular weight is 464 g/mol. The molecule has 34 heavy (non-hydrogen) atoms. The number of amides is 2. The fourth-order valence-corrected chi connectivity index (χ4v) is 4.62. The Morgan fingerprint density at radius 3 is 1.94 bits per heavy atom. The zero-order valence-corrected chi connectivity index (χ0v) is 19.2. The number of fused-ring (bicyclic) bond motifs is 1. The maximum atomic E-state index is 12.7. The van der Waals surface area contributed by atoms with Crippen molar-refractivity contribution in [2.75, 3.05) is 10.6 Å². The zero-order chi connectivity index (χ0) is 23.5. The molecule has 6 heteroatoms. The Labute approximate surface area is 201 Å². The number of anilines is 2. The number of rotatable bonds is 5. The Morgan fingerprint density at radius 1 is 0.706 bits per heavy atom. The second-order valence-corrected chi connectivity index (χ2v) is 8.95. The number of thiazole rings is 1. The predicted molar refractivity (Wildman–Crippen MR) is 139 cm³/mol. The highest BCUT2D eigenvalue weighted by molar-refractivity contribution is 7.21. The average Bonchev–Trinajstić information content (AvgIpc) is 3.28. The van der Waals surface area contributed by atoms with Crippen molar-refractivity contribution < 1.29 is 9.59 Å². The second-order valence-electron chi connectivity index (χ2n) is 7.92. The molecule has 5 rings (SSSR count). The van der Waals surface area contributed by atoms with Gasteiger partial charge in [0.2, 0.25) is 0 Å². The molecular formula is C28H21N3O2S. The van der Waals surface area contributed by atoms with Gasteiger partial charge in [-0.25, -0.2) is 4.98 Å². The number of aromatic nitrogens is 1. The van der Waals surface area contributed by atoms with Gasteiger partial charge in [-0.1, -0.05) is 24.3 Å². The van der Waals surface area contributed by atoms with Crippen molar-refractivity contribution >= 4 is 44.7 Å². The number of hydrogen-bond acceptors (Lipinski definition) is 4. The van der Waals surface area contributed by atoms with Crippen molar-refractivity contribution in [1.29, 1.82) is 0 Å². The summed E-state index contributed by atoms with van der Waals surface area (Å²) in [6.45, 7) is 2.07. The quantitative estimate of drug-likeness (QED) is 0.302. The van der Waals surface area contributed by atoms with Crippen molar-refractivity contribution in [2.45, 2.75) is 6.92 Å². The van der Waals surface area contributed by atoms with Gasteiger partial charge in [0, 0.05) is 28.1 Å². The minimum Gasteiger partial charge on any atom is -0.322 e. The highest BCUT2D eigenvalue weighted by Gasteiger charge is 2.10. The van der Waals surface area contributed by atoms with Crippen molar-refractivity contribution in [3.63, 3.8) is 0 Å². The number of nitrogens with one attached hydrogen (secondary N) is 2. The smallest absolute Gasteiger partial charge is 0.255 e. The monoisotopic (exact) mass is 463 g/mol. The van der Waals surface area contributed by atoms with Gasteiger partial charge in [-0.2, -0.15) is 0 Å². The molecule has 1 heterocycles.